The third-order valence-electron chi connectivity index (χ3n) is 8.07. The van der Waals surface area contributed by atoms with Gasteiger partial charge in [0, 0.05) is 28.3 Å². The molecule has 2 nitrogen and oxygen atoms in total. The maximum absolute atomic E-state index is 6.73. The third-order valence-corrected chi connectivity index (χ3v) is 8.07. The maximum Gasteiger partial charge on any atom is 0.216 e. The molecule has 3 aromatic carbocycles. The van der Waals surface area contributed by atoms with Crippen molar-refractivity contribution in [2.24, 2.45) is 18.9 Å². The van der Waals surface area contributed by atoms with Crippen molar-refractivity contribution in [1.29, 1.82) is 0 Å². The van der Waals surface area contributed by atoms with Gasteiger partial charge in [-0.1, -0.05) is 70.2 Å². The minimum absolute atomic E-state index is 0.0332. The molecule has 0 unspecified atom stereocenters. The molecule has 0 radical (unpaired) electrons. The van der Waals surface area contributed by atoms with E-state index in [-0.39, 0.29) is 5.41 Å². The molecule has 0 bridgehead atoms. The fourth-order valence-electron chi connectivity index (χ4n) is 6.99. The molecular formula is C34H36NO+. The van der Waals surface area contributed by atoms with E-state index in [1.165, 1.54) is 49.8 Å². The molecule has 0 spiro atoms. The van der Waals surface area contributed by atoms with E-state index in [4.69, 9.17) is 4.42 Å². The van der Waals surface area contributed by atoms with Crippen molar-refractivity contribution in [3.63, 3.8) is 0 Å². The van der Waals surface area contributed by atoms with E-state index < -0.39 is 0 Å². The fourth-order valence-corrected chi connectivity index (χ4v) is 6.99. The molecule has 0 fully saturated rings. The van der Waals surface area contributed by atoms with Crippen molar-refractivity contribution in [2.75, 3.05) is 0 Å². The number of benzene rings is 3. The lowest BCUT2D eigenvalue weighted by Crippen LogP contribution is -2.30. The van der Waals surface area contributed by atoms with Gasteiger partial charge in [-0.15, -0.1) is 0 Å². The minimum Gasteiger partial charge on any atom is -0.455 e. The average Bonchev–Trinajstić information content (AvgIpc) is 3.33. The summed E-state index contributed by atoms with van der Waals surface area (Å²) in [6.07, 6.45) is 4.41. The van der Waals surface area contributed by atoms with Gasteiger partial charge in [-0.3, -0.25) is 0 Å². The summed E-state index contributed by atoms with van der Waals surface area (Å²) in [6.45, 7) is 11.6. The molecule has 2 heteroatoms. The van der Waals surface area contributed by atoms with Gasteiger partial charge in [0.05, 0.1) is 5.56 Å². The fraction of sp³-hybridized carbons (Fsp3) is 0.324. The number of hydrogen-bond acceptors (Lipinski definition) is 1. The Bertz CT molecular complexity index is 1610. The number of rotatable bonds is 5. The second-order valence-corrected chi connectivity index (χ2v) is 11.6. The number of aromatic nitrogens is 1. The molecule has 6 rings (SSSR count). The molecule has 36 heavy (non-hydrogen) atoms. The number of nitrogens with zero attached hydrogens (tertiary/aromatic N) is 1. The van der Waals surface area contributed by atoms with Crippen molar-refractivity contribution in [3.8, 4) is 22.4 Å². The van der Waals surface area contributed by atoms with Gasteiger partial charge in [0.1, 0.15) is 18.2 Å². The van der Waals surface area contributed by atoms with Gasteiger partial charge in [-0.2, -0.15) is 0 Å². The van der Waals surface area contributed by atoms with E-state index in [0.717, 1.165) is 24.0 Å². The Kier molecular flexibility index (Phi) is 5.33. The van der Waals surface area contributed by atoms with Gasteiger partial charge in [-0.05, 0) is 71.6 Å². The van der Waals surface area contributed by atoms with Crippen molar-refractivity contribution < 1.29 is 8.98 Å². The largest absolute Gasteiger partial charge is 0.455 e. The topological polar surface area (TPSA) is 17.0 Å². The van der Waals surface area contributed by atoms with Crippen LogP contribution in [0.5, 0.6) is 0 Å². The van der Waals surface area contributed by atoms with Crippen molar-refractivity contribution >= 4 is 21.9 Å². The highest BCUT2D eigenvalue weighted by molar-refractivity contribution is 6.17. The van der Waals surface area contributed by atoms with Gasteiger partial charge >= 0.3 is 0 Å². The van der Waals surface area contributed by atoms with E-state index in [1.54, 1.807) is 0 Å². The molecule has 2 heterocycles. The Morgan fingerprint density at radius 2 is 1.50 bits per heavy atom. The van der Waals surface area contributed by atoms with Crippen LogP contribution in [-0.2, 0) is 12.5 Å². The maximum atomic E-state index is 6.73. The van der Waals surface area contributed by atoms with Crippen LogP contribution in [0.2, 0.25) is 0 Å². The van der Waals surface area contributed by atoms with E-state index in [2.05, 4.69) is 119 Å². The van der Waals surface area contributed by atoms with Gasteiger partial charge in [0.2, 0.25) is 5.69 Å². The molecular weight excluding hydrogens is 438 g/mol. The van der Waals surface area contributed by atoms with Crippen LogP contribution in [0.25, 0.3) is 44.3 Å². The molecule has 5 aromatic rings. The van der Waals surface area contributed by atoms with E-state index in [9.17, 15) is 0 Å². The Morgan fingerprint density at radius 1 is 0.778 bits per heavy atom. The van der Waals surface area contributed by atoms with Crippen LogP contribution in [0.4, 0.5) is 0 Å². The molecule has 182 valence electrons. The summed E-state index contributed by atoms with van der Waals surface area (Å²) < 4.78 is 8.92. The normalized spacial score (nSPS) is 14.2. The zero-order chi connectivity index (χ0) is 25.2. The molecule has 0 aliphatic heterocycles. The van der Waals surface area contributed by atoms with E-state index >= 15 is 0 Å². The molecule has 0 amide bonds. The second kappa shape index (κ2) is 8.34. The summed E-state index contributed by atoms with van der Waals surface area (Å²) in [5.74, 6) is 1.21. The van der Waals surface area contributed by atoms with Crippen LogP contribution in [0.15, 0.2) is 77.3 Å². The van der Waals surface area contributed by atoms with E-state index in [1.807, 2.05) is 0 Å². The highest BCUT2D eigenvalue weighted by atomic mass is 16.3. The average molecular weight is 475 g/mol. The standard InChI is InChI=1S/C34H36NO/c1-21(2)19-34(20-22(3)4)26-12-8-7-11-24(26)31-27(34)16-17-29-32(31)25-15-14-23(5)30(33(25)36-29)28-13-9-10-18-35(28)6/h7-18,21-22H,19-20H2,1-6H3/q+1. The van der Waals surface area contributed by atoms with Crippen LogP contribution in [0.1, 0.15) is 57.2 Å². The van der Waals surface area contributed by atoms with Gasteiger partial charge in [0.15, 0.2) is 6.20 Å². The summed E-state index contributed by atoms with van der Waals surface area (Å²) in [5.41, 5.74) is 11.3. The summed E-state index contributed by atoms with van der Waals surface area (Å²) in [7, 11) is 2.11. The number of fused-ring (bicyclic) bond motifs is 7. The lowest BCUT2D eigenvalue weighted by molar-refractivity contribution is -0.660. The minimum atomic E-state index is 0.0332. The Morgan fingerprint density at radius 3 is 2.22 bits per heavy atom. The second-order valence-electron chi connectivity index (χ2n) is 11.6. The van der Waals surface area contributed by atoms with Gasteiger partial charge in [-0.25, -0.2) is 4.57 Å². The first-order chi connectivity index (χ1) is 17.3. The van der Waals surface area contributed by atoms with Gasteiger partial charge in [0.25, 0.3) is 0 Å². The lowest BCUT2D eigenvalue weighted by Gasteiger charge is -2.35. The quantitative estimate of drug-likeness (QED) is 0.233. The number of hydrogen-bond donors (Lipinski definition) is 0. The Hall–Kier alpha value is -3.39. The van der Waals surface area contributed by atoms with Crippen molar-refractivity contribution in [3.05, 3.63) is 89.6 Å². The Labute approximate surface area is 214 Å². The smallest absolute Gasteiger partial charge is 0.216 e. The first-order valence-electron chi connectivity index (χ1n) is 13.4. The van der Waals surface area contributed by atoms with Gasteiger partial charge < -0.3 is 4.42 Å². The summed E-state index contributed by atoms with van der Waals surface area (Å²) >= 11 is 0. The predicted octanol–water partition coefficient (Wildman–Crippen LogP) is 8.74. The third kappa shape index (κ3) is 3.27. The highest BCUT2D eigenvalue weighted by Crippen LogP contribution is 2.58. The van der Waals surface area contributed by atoms with Crippen LogP contribution in [-0.4, -0.2) is 0 Å². The summed E-state index contributed by atoms with van der Waals surface area (Å²) in [6, 6.07) is 24.7. The zero-order valence-corrected chi connectivity index (χ0v) is 22.4. The summed E-state index contributed by atoms with van der Waals surface area (Å²) in [4.78, 5) is 0. The molecule has 0 saturated carbocycles. The first kappa shape index (κ1) is 23.0. The van der Waals surface area contributed by atoms with Crippen LogP contribution in [0.3, 0.4) is 0 Å². The highest BCUT2D eigenvalue weighted by Gasteiger charge is 2.44. The molecule has 1 aliphatic rings. The summed E-state index contributed by atoms with van der Waals surface area (Å²) in [5, 5.41) is 2.48. The van der Waals surface area contributed by atoms with Crippen molar-refractivity contribution in [1.82, 2.24) is 0 Å². The van der Waals surface area contributed by atoms with Crippen molar-refractivity contribution in [2.45, 2.75) is 52.9 Å². The zero-order valence-electron chi connectivity index (χ0n) is 22.4. The van der Waals surface area contributed by atoms with Crippen LogP contribution >= 0.6 is 0 Å². The number of aryl methyl sites for hydroxylation is 2. The number of furan rings is 1. The first-order valence-corrected chi connectivity index (χ1v) is 13.4. The lowest BCUT2D eigenvalue weighted by atomic mass is 9.68. The number of pyridine rings is 1. The molecule has 0 N–H and O–H groups in total. The van der Waals surface area contributed by atoms with E-state index in [0.29, 0.717) is 11.8 Å². The molecule has 0 atom stereocenters. The molecule has 2 aromatic heterocycles. The molecule has 0 saturated heterocycles. The van der Waals surface area contributed by atoms with Crippen LogP contribution < -0.4 is 4.57 Å². The van der Waals surface area contributed by atoms with Crippen LogP contribution in [0, 0.1) is 18.8 Å². The SMILES string of the molecule is Cc1ccc2c(oc3ccc4c(c32)-c2ccccc2C4(CC(C)C)CC(C)C)c1-c1cccc[n+]1C. The molecule has 1 aliphatic carbocycles. The monoisotopic (exact) mass is 474 g/mol. The predicted molar refractivity (Wildman–Crippen MR) is 150 cm³/mol. The Balaban J connectivity index is 1.74.